The number of likely N-dealkylation sites (tertiary alicyclic amines) is 1. The van der Waals surface area contributed by atoms with Crippen LogP contribution in [0.5, 0.6) is 0 Å². The summed E-state index contributed by atoms with van der Waals surface area (Å²) in [7, 11) is -2.62. The van der Waals surface area contributed by atoms with E-state index in [1.165, 1.54) is 31.3 Å². The van der Waals surface area contributed by atoms with Gasteiger partial charge in [0.05, 0.1) is 6.20 Å². The summed E-state index contributed by atoms with van der Waals surface area (Å²) in [6.45, 7) is 3.20. The summed E-state index contributed by atoms with van der Waals surface area (Å²) in [6, 6.07) is 6.64. The van der Waals surface area contributed by atoms with Crippen LogP contribution in [0.15, 0.2) is 41.5 Å². The summed E-state index contributed by atoms with van der Waals surface area (Å²) >= 11 is 0. The fourth-order valence-electron chi connectivity index (χ4n) is 5.50. The lowest BCUT2D eigenvalue weighted by atomic mass is 9.77. The van der Waals surface area contributed by atoms with E-state index in [1.807, 2.05) is 0 Å². The molecule has 0 bridgehead atoms. The Balaban J connectivity index is 1.56. The minimum Gasteiger partial charge on any atom is -0.369 e. The molecular weight excluding hydrogens is 488 g/mol. The molecule has 8 nitrogen and oxygen atoms in total. The highest BCUT2D eigenvalue weighted by Gasteiger charge is 2.66. The fourth-order valence-corrected chi connectivity index (χ4v) is 7.67. The summed E-state index contributed by atoms with van der Waals surface area (Å²) in [5.41, 5.74) is 5.18. The van der Waals surface area contributed by atoms with Crippen molar-refractivity contribution in [3.05, 3.63) is 65.0 Å². The predicted molar refractivity (Wildman–Crippen MR) is 131 cm³/mol. The predicted octanol–water partition coefficient (Wildman–Crippen LogP) is 2.44. The van der Waals surface area contributed by atoms with Gasteiger partial charge in [0.15, 0.2) is 5.78 Å². The monoisotopic (exact) mass is 517 g/mol. The van der Waals surface area contributed by atoms with Gasteiger partial charge in [0, 0.05) is 32.1 Å². The zero-order valence-electron chi connectivity index (χ0n) is 20.2. The minimum atomic E-state index is -4.00. The minimum absolute atomic E-state index is 0.0766. The molecule has 36 heavy (non-hydrogen) atoms. The number of halogens is 2. The van der Waals surface area contributed by atoms with Gasteiger partial charge >= 0.3 is 0 Å². The van der Waals surface area contributed by atoms with Crippen LogP contribution < -0.4 is 5.73 Å². The molecule has 0 radical (unpaired) electrons. The largest absolute Gasteiger partial charge is 0.369 e. The Hall–Kier alpha value is -2.92. The molecule has 0 unspecified atom stereocenters. The molecule has 5 rings (SSSR count). The highest BCUT2D eigenvalue weighted by atomic mass is 32.2. The van der Waals surface area contributed by atoms with Crippen LogP contribution in [-0.2, 0) is 22.0 Å². The maximum Gasteiger partial charge on any atom is 0.247 e. The molecule has 1 saturated carbocycles. The van der Waals surface area contributed by atoms with E-state index in [9.17, 15) is 17.6 Å². The van der Waals surface area contributed by atoms with Crippen LogP contribution in [-0.4, -0.2) is 65.8 Å². The maximum atomic E-state index is 15.5. The SMILES string of the molecule is CN1C(N)=N[C@](C)(c2cc(CC(=O)c3ccc(F)cn3)ccc2F)[C@@]2(CCN(CC3CC3)C2)S1(=O)=O. The molecule has 2 aliphatic heterocycles. The molecule has 1 saturated heterocycles. The zero-order chi connectivity index (χ0) is 25.9. The number of nitrogens with zero attached hydrogens (tertiary/aromatic N) is 4. The van der Waals surface area contributed by atoms with Gasteiger partial charge in [0.2, 0.25) is 16.0 Å². The van der Waals surface area contributed by atoms with Crippen molar-refractivity contribution in [1.29, 1.82) is 0 Å². The van der Waals surface area contributed by atoms with Crippen LogP contribution in [0.25, 0.3) is 0 Å². The molecule has 2 aromatic rings. The van der Waals surface area contributed by atoms with E-state index < -0.39 is 31.9 Å². The Morgan fingerprint density at radius 3 is 2.64 bits per heavy atom. The van der Waals surface area contributed by atoms with Gasteiger partial charge in [0.25, 0.3) is 0 Å². The number of pyridine rings is 1. The number of Topliss-reactive ketones (excluding diaryl/α,β-unsaturated/α-hetero) is 1. The Kier molecular flexibility index (Phi) is 5.90. The van der Waals surface area contributed by atoms with Crippen molar-refractivity contribution in [3.63, 3.8) is 0 Å². The second-order valence-corrected chi connectivity index (χ2v) is 12.5. The normalized spacial score (nSPS) is 27.9. The van der Waals surface area contributed by atoms with E-state index in [-0.39, 0.29) is 42.4 Å². The average molecular weight is 518 g/mol. The van der Waals surface area contributed by atoms with Crippen LogP contribution in [0.3, 0.4) is 0 Å². The third-order valence-corrected chi connectivity index (χ3v) is 10.5. The second-order valence-electron chi connectivity index (χ2n) is 10.2. The zero-order valence-corrected chi connectivity index (χ0v) is 21.1. The summed E-state index contributed by atoms with van der Waals surface area (Å²) < 4.78 is 56.0. The van der Waals surface area contributed by atoms with Crippen LogP contribution in [0.4, 0.5) is 8.78 Å². The third kappa shape index (κ3) is 3.88. The molecule has 192 valence electrons. The lowest BCUT2D eigenvalue weighted by molar-refractivity contribution is 0.0988. The second kappa shape index (κ2) is 8.58. The Morgan fingerprint density at radius 2 is 1.97 bits per heavy atom. The lowest BCUT2D eigenvalue weighted by Gasteiger charge is -2.48. The number of ketones is 1. The maximum absolute atomic E-state index is 15.5. The van der Waals surface area contributed by atoms with Gasteiger partial charge in [-0.2, -0.15) is 0 Å². The number of hydrogen-bond donors (Lipinski definition) is 1. The molecule has 1 aromatic carbocycles. The molecule has 2 atom stereocenters. The van der Waals surface area contributed by atoms with Crippen LogP contribution >= 0.6 is 0 Å². The summed E-state index contributed by atoms with van der Waals surface area (Å²) in [5.74, 6) is -1.19. The Morgan fingerprint density at radius 1 is 1.22 bits per heavy atom. The highest BCUT2D eigenvalue weighted by molar-refractivity contribution is 7.91. The van der Waals surface area contributed by atoms with Gasteiger partial charge in [-0.05, 0) is 68.5 Å². The topological polar surface area (TPSA) is 109 Å². The molecule has 2 N–H and O–H groups in total. The van der Waals surface area contributed by atoms with Crippen LogP contribution in [0.2, 0.25) is 0 Å². The van der Waals surface area contributed by atoms with E-state index in [1.54, 1.807) is 6.92 Å². The van der Waals surface area contributed by atoms with Gasteiger partial charge in [-0.1, -0.05) is 6.07 Å². The quantitative estimate of drug-likeness (QED) is 0.590. The van der Waals surface area contributed by atoms with Gasteiger partial charge < -0.3 is 10.6 Å². The number of aromatic nitrogens is 1. The summed E-state index contributed by atoms with van der Waals surface area (Å²) in [6.07, 6.45) is 3.39. The molecule has 11 heteroatoms. The van der Waals surface area contributed by atoms with Gasteiger partial charge in [-0.15, -0.1) is 0 Å². The van der Waals surface area contributed by atoms with Crippen molar-refractivity contribution in [2.45, 2.75) is 42.9 Å². The highest BCUT2D eigenvalue weighted by Crippen LogP contribution is 2.52. The third-order valence-electron chi connectivity index (χ3n) is 7.86. The van der Waals surface area contributed by atoms with E-state index >= 15 is 4.39 Å². The van der Waals surface area contributed by atoms with Crippen LogP contribution in [0.1, 0.15) is 47.8 Å². The molecule has 3 heterocycles. The lowest BCUT2D eigenvalue weighted by Crippen LogP contribution is -2.66. The van der Waals surface area contributed by atoms with E-state index in [2.05, 4.69) is 14.9 Å². The van der Waals surface area contributed by atoms with Gasteiger partial charge in [-0.3, -0.25) is 9.78 Å². The number of nitrogens with two attached hydrogens (primary N) is 1. The number of guanidine groups is 1. The number of sulfonamides is 1. The number of rotatable bonds is 6. The van der Waals surface area contributed by atoms with Crippen molar-refractivity contribution >= 4 is 21.8 Å². The number of hydrogen-bond acceptors (Lipinski definition) is 7. The van der Waals surface area contributed by atoms with Crippen molar-refractivity contribution in [2.75, 3.05) is 26.7 Å². The summed E-state index contributed by atoms with van der Waals surface area (Å²) in [4.78, 5) is 23.3. The van der Waals surface area contributed by atoms with E-state index in [0.717, 1.165) is 36.0 Å². The van der Waals surface area contributed by atoms with E-state index in [0.29, 0.717) is 18.0 Å². The molecule has 1 aliphatic carbocycles. The number of carbonyl (C=O) groups excluding carboxylic acids is 1. The fraction of sp³-hybridized carbons (Fsp3) is 0.480. The molecule has 1 aromatic heterocycles. The van der Waals surface area contributed by atoms with Crippen molar-refractivity contribution in [1.82, 2.24) is 14.2 Å². The molecule has 3 aliphatic rings. The molecule has 1 spiro atoms. The molecule has 0 amide bonds. The van der Waals surface area contributed by atoms with E-state index in [4.69, 9.17) is 5.73 Å². The summed E-state index contributed by atoms with van der Waals surface area (Å²) in [5, 5.41) is 0. The van der Waals surface area contributed by atoms with Gasteiger partial charge in [0.1, 0.15) is 27.6 Å². The standard InChI is InChI=1S/C25H29F2N5O3S/c1-24(19-11-17(5-7-20(19)27)12-22(33)21-8-6-18(26)13-29-21)25(36(34,35)31(2)23(28)30-24)9-10-32(15-25)14-16-3-4-16/h5-8,11,13,16H,3-4,9-10,12,14-15H2,1-2H3,(H2,28,30)/t24-,25+/m1/s1. The number of benzene rings is 1. The van der Waals surface area contributed by atoms with Crippen molar-refractivity contribution in [2.24, 2.45) is 16.6 Å². The smallest absolute Gasteiger partial charge is 0.247 e. The van der Waals surface area contributed by atoms with Crippen molar-refractivity contribution in [3.8, 4) is 0 Å². The first kappa shape index (κ1) is 24.8. The van der Waals surface area contributed by atoms with Crippen molar-refractivity contribution < 1.29 is 22.0 Å². The van der Waals surface area contributed by atoms with Gasteiger partial charge in [-0.25, -0.2) is 26.5 Å². The number of aliphatic imine (C=N–C) groups is 1. The first-order chi connectivity index (χ1) is 17.0. The molecule has 2 fully saturated rings. The Labute approximate surface area is 209 Å². The first-order valence-electron chi connectivity index (χ1n) is 12.0. The average Bonchev–Trinajstić information content (AvgIpc) is 3.54. The molecular formula is C25H29F2N5O3S. The number of carbonyl (C=O) groups is 1. The van der Waals surface area contributed by atoms with Crippen LogP contribution in [0, 0.1) is 17.6 Å². The Bertz CT molecular complexity index is 1350. The first-order valence-corrected chi connectivity index (χ1v) is 13.4.